The number of ether oxygens (including phenoxy) is 1. The minimum absolute atomic E-state index is 0.00242. The predicted molar refractivity (Wildman–Crippen MR) is 146 cm³/mol. The number of hydrogen-bond acceptors (Lipinski definition) is 3. The first-order chi connectivity index (χ1) is 16.9. The summed E-state index contributed by atoms with van der Waals surface area (Å²) < 4.78 is 7.64. The Morgan fingerprint density at radius 2 is 1.60 bits per heavy atom. The Balaban J connectivity index is 1.90. The van der Waals surface area contributed by atoms with Crippen LogP contribution in [0.4, 0.5) is 0 Å². The fourth-order valence-electron chi connectivity index (χ4n) is 3.59. The molecule has 0 spiro atoms. The van der Waals surface area contributed by atoms with E-state index < -0.39 is 6.04 Å². The quantitative estimate of drug-likeness (QED) is 0.287. The van der Waals surface area contributed by atoms with Gasteiger partial charge in [0, 0.05) is 28.0 Å². The molecule has 0 saturated heterocycles. The molecule has 0 aliphatic heterocycles. The molecule has 35 heavy (non-hydrogen) atoms. The SMILES string of the molecule is CC[C@H](C)NC(=O)[C@H](Cc1ccccc1)N(Cc1cccc(Br)c1)C(=O)COc1ccc(Br)cc1. The van der Waals surface area contributed by atoms with Crippen LogP contribution in [0.2, 0.25) is 0 Å². The molecule has 0 aliphatic carbocycles. The summed E-state index contributed by atoms with van der Waals surface area (Å²) in [6.07, 6.45) is 1.21. The molecule has 2 amide bonds. The molecule has 0 bridgehead atoms. The van der Waals surface area contributed by atoms with Crippen molar-refractivity contribution >= 4 is 43.7 Å². The van der Waals surface area contributed by atoms with E-state index in [9.17, 15) is 9.59 Å². The Kier molecular flexibility index (Phi) is 10.4. The van der Waals surface area contributed by atoms with Crippen LogP contribution in [0.15, 0.2) is 87.8 Å². The lowest BCUT2D eigenvalue weighted by atomic mass is 10.0. The summed E-state index contributed by atoms with van der Waals surface area (Å²) in [6.45, 7) is 4.10. The van der Waals surface area contributed by atoms with Crippen molar-refractivity contribution in [2.45, 2.75) is 45.3 Å². The van der Waals surface area contributed by atoms with E-state index in [0.29, 0.717) is 12.2 Å². The molecule has 0 aliphatic rings. The van der Waals surface area contributed by atoms with Gasteiger partial charge in [-0.2, -0.15) is 0 Å². The molecule has 7 heteroatoms. The predicted octanol–water partition coefficient (Wildman–Crippen LogP) is 6.15. The minimum atomic E-state index is -0.689. The summed E-state index contributed by atoms with van der Waals surface area (Å²) >= 11 is 6.91. The second-order valence-corrected chi connectivity index (χ2v) is 10.2. The van der Waals surface area contributed by atoms with Gasteiger partial charge < -0.3 is 15.0 Å². The Hall–Kier alpha value is -2.64. The number of nitrogens with zero attached hydrogens (tertiary/aromatic N) is 1. The fraction of sp³-hybridized carbons (Fsp3) is 0.286. The summed E-state index contributed by atoms with van der Waals surface area (Å²) in [7, 11) is 0. The third kappa shape index (κ3) is 8.51. The van der Waals surface area contributed by atoms with Gasteiger partial charge in [-0.15, -0.1) is 0 Å². The highest BCUT2D eigenvalue weighted by Crippen LogP contribution is 2.20. The van der Waals surface area contributed by atoms with Crippen molar-refractivity contribution in [3.8, 4) is 5.75 Å². The average molecular weight is 602 g/mol. The van der Waals surface area contributed by atoms with Gasteiger partial charge in [0.25, 0.3) is 5.91 Å². The van der Waals surface area contributed by atoms with Crippen LogP contribution in [0, 0.1) is 0 Å². The molecule has 3 rings (SSSR count). The zero-order valence-corrected chi connectivity index (χ0v) is 23.1. The molecule has 5 nitrogen and oxygen atoms in total. The van der Waals surface area contributed by atoms with E-state index in [-0.39, 0.29) is 31.0 Å². The van der Waals surface area contributed by atoms with Gasteiger partial charge in [0.1, 0.15) is 11.8 Å². The summed E-state index contributed by atoms with van der Waals surface area (Å²) in [6, 6.07) is 24.2. The fourth-order valence-corrected chi connectivity index (χ4v) is 4.30. The molecule has 2 atom stereocenters. The van der Waals surface area contributed by atoms with Gasteiger partial charge in [-0.05, 0) is 60.9 Å². The number of hydrogen-bond donors (Lipinski definition) is 1. The highest BCUT2D eigenvalue weighted by Gasteiger charge is 2.31. The number of benzene rings is 3. The number of amides is 2. The first kappa shape index (κ1) is 27.0. The number of rotatable bonds is 11. The molecular weight excluding hydrogens is 572 g/mol. The Bertz CT molecular complexity index is 1110. The molecular formula is C28H30Br2N2O3. The number of carbonyl (C=O) groups excluding carboxylic acids is 2. The van der Waals surface area contributed by atoms with E-state index in [1.54, 1.807) is 17.0 Å². The van der Waals surface area contributed by atoms with E-state index in [1.807, 2.05) is 80.6 Å². The van der Waals surface area contributed by atoms with Gasteiger partial charge in [-0.25, -0.2) is 0 Å². The summed E-state index contributed by atoms with van der Waals surface area (Å²) in [5.41, 5.74) is 1.91. The molecule has 0 aromatic heterocycles. The molecule has 0 heterocycles. The van der Waals surface area contributed by atoms with Crippen LogP contribution in [-0.4, -0.2) is 35.4 Å². The van der Waals surface area contributed by atoms with Gasteiger partial charge >= 0.3 is 0 Å². The van der Waals surface area contributed by atoms with E-state index in [2.05, 4.69) is 37.2 Å². The number of nitrogens with one attached hydrogen (secondary N) is 1. The first-order valence-electron chi connectivity index (χ1n) is 11.6. The molecule has 0 unspecified atom stereocenters. The lowest BCUT2D eigenvalue weighted by Gasteiger charge is -2.32. The van der Waals surface area contributed by atoms with Crippen molar-refractivity contribution in [3.05, 3.63) is 98.9 Å². The first-order valence-corrected chi connectivity index (χ1v) is 13.2. The van der Waals surface area contributed by atoms with Gasteiger partial charge in [0.05, 0.1) is 0 Å². The smallest absolute Gasteiger partial charge is 0.261 e. The second-order valence-electron chi connectivity index (χ2n) is 8.42. The van der Waals surface area contributed by atoms with E-state index >= 15 is 0 Å². The van der Waals surface area contributed by atoms with Gasteiger partial charge in [0.2, 0.25) is 5.91 Å². The standard InChI is InChI=1S/C28H30Br2N2O3/c1-3-20(2)31-28(34)26(17-21-8-5-4-6-9-21)32(18-22-10-7-11-24(30)16-22)27(33)19-35-25-14-12-23(29)13-15-25/h4-16,20,26H,3,17-19H2,1-2H3,(H,31,34)/t20-,26-/m0/s1. The van der Waals surface area contributed by atoms with Crippen molar-refractivity contribution in [3.63, 3.8) is 0 Å². The summed E-state index contributed by atoms with van der Waals surface area (Å²) in [5.74, 6) is 0.163. The number of halogens is 2. The van der Waals surface area contributed by atoms with Crippen LogP contribution in [0.5, 0.6) is 5.75 Å². The van der Waals surface area contributed by atoms with Crippen molar-refractivity contribution in [2.75, 3.05) is 6.61 Å². The topological polar surface area (TPSA) is 58.6 Å². The summed E-state index contributed by atoms with van der Waals surface area (Å²) in [4.78, 5) is 28.7. The molecule has 0 fully saturated rings. The Morgan fingerprint density at radius 3 is 2.26 bits per heavy atom. The highest BCUT2D eigenvalue weighted by molar-refractivity contribution is 9.10. The maximum Gasteiger partial charge on any atom is 0.261 e. The lowest BCUT2D eigenvalue weighted by Crippen LogP contribution is -2.53. The largest absolute Gasteiger partial charge is 0.484 e. The van der Waals surface area contributed by atoms with Crippen molar-refractivity contribution in [1.29, 1.82) is 0 Å². The highest BCUT2D eigenvalue weighted by atomic mass is 79.9. The van der Waals surface area contributed by atoms with E-state index in [1.165, 1.54) is 0 Å². The van der Waals surface area contributed by atoms with E-state index in [0.717, 1.165) is 26.5 Å². The van der Waals surface area contributed by atoms with Crippen LogP contribution in [0.25, 0.3) is 0 Å². The summed E-state index contributed by atoms with van der Waals surface area (Å²) in [5, 5.41) is 3.07. The van der Waals surface area contributed by atoms with Crippen LogP contribution in [0.3, 0.4) is 0 Å². The normalized spacial score (nSPS) is 12.5. The van der Waals surface area contributed by atoms with Gasteiger partial charge in [-0.3, -0.25) is 9.59 Å². The van der Waals surface area contributed by atoms with Crippen LogP contribution < -0.4 is 10.1 Å². The molecule has 0 saturated carbocycles. The zero-order valence-electron chi connectivity index (χ0n) is 19.9. The monoisotopic (exact) mass is 600 g/mol. The molecule has 3 aromatic carbocycles. The lowest BCUT2D eigenvalue weighted by molar-refractivity contribution is -0.143. The van der Waals surface area contributed by atoms with Gasteiger partial charge in [0.15, 0.2) is 6.61 Å². The minimum Gasteiger partial charge on any atom is -0.484 e. The molecule has 184 valence electrons. The van der Waals surface area contributed by atoms with Crippen LogP contribution >= 0.6 is 31.9 Å². The maximum atomic E-state index is 13.6. The molecule has 3 aromatic rings. The average Bonchev–Trinajstić information content (AvgIpc) is 2.86. The number of carbonyl (C=O) groups is 2. The third-order valence-corrected chi connectivity index (χ3v) is 6.71. The van der Waals surface area contributed by atoms with Gasteiger partial charge in [-0.1, -0.05) is 81.2 Å². The maximum absolute atomic E-state index is 13.6. The van der Waals surface area contributed by atoms with Crippen molar-refractivity contribution in [2.24, 2.45) is 0 Å². The third-order valence-electron chi connectivity index (χ3n) is 5.69. The van der Waals surface area contributed by atoms with Crippen molar-refractivity contribution in [1.82, 2.24) is 10.2 Å². The van der Waals surface area contributed by atoms with Crippen molar-refractivity contribution < 1.29 is 14.3 Å². The Labute approximate surface area is 224 Å². The molecule has 0 radical (unpaired) electrons. The molecule has 1 N–H and O–H groups in total. The zero-order chi connectivity index (χ0) is 25.2. The van der Waals surface area contributed by atoms with E-state index in [4.69, 9.17) is 4.74 Å². The second kappa shape index (κ2) is 13.4. The van der Waals surface area contributed by atoms with Crippen LogP contribution in [-0.2, 0) is 22.6 Å². The van der Waals surface area contributed by atoms with Crippen LogP contribution in [0.1, 0.15) is 31.4 Å². The Morgan fingerprint density at radius 1 is 0.914 bits per heavy atom.